The SMILES string of the molecule is CCOC(=O)C(=C(c1ccccc1)[n+]1ccccc1)[n+]1ccccc1. The first-order valence-corrected chi connectivity index (χ1v) is 8.21. The molecule has 0 saturated heterocycles. The molecule has 3 aromatic rings. The van der Waals surface area contributed by atoms with E-state index in [1.807, 2.05) is 103 Å². The van der Waals surface area contributed by atoms with E-state index >= 15 is 0 Å². The molecule has 0 amide bonds. The minimum atomic E-state index is -0.367. The van der Waals surface area contributed by atoms with Crippen molar-refractivity contribution in [2.75, 3.05) is 6.61 Å². The number of esters is 1. The van der Waals surface area contributed by atoms with E-state index in [1.54, 1.807) is 4.57 Å². The zero-order valence-electron chi connectivity index (χ0n) is 14.1. The molecule has 0 bridgehead atoms. The molecule has 0 aliphatic rings. The zero-order valence-corrected chi connectivity index (χ0v) is 14.1. The second-order valence-electron chi connectivity index (χ2n) is 5.35. The lowest BCUT2D eigenvalue weighted by molar-refractivity contribution is -0.606. The third-order valence-corrected chi connectivity index (χ3v) is 3.69. The topological polar surface area (TPSA) is 34.1 Å². The number of hydrogen-bond acceptors (Lipinski definition) is 2. The van der Waals surface area contributed by atoms with Gasteiger partial charge in [0.2, 0.25) is 0 Å². The number of nitrogens with zero attached hydrogens (tertiary/aromatic N) is 2. The van der Waals surface area contributed by atoms with E-state index in [0.29, 0.717) is 12.3 Å². The summed E-state index contributed by atoms with van der Waals surface area (Å²) in [6, 6.07) is 21.3. The maximum absolute atomic E-state index is 12.8. The first kappa shape index (κ1) is 16.6. The molecule has 2 aromatic heterocycles. The van der Waals surface area contributed by atoms with Gasteiger partial charge in [-0.1, -0.05) is 30.3 Å². The van der Waals surface area contributed by atoms with Crippen LogP contribution in [0.4, 0.5) is 0 Å². The third-order valence-electron chi connectivity index (χ3n) is 3.69. The number of aromatic nitrogens is 2. The molecule has 0 unspecified atom stereocenters. The van der Waals surface area contributed by atoms with Gasteiger partial charge in [0.05, 0.1) is 12.2 Å². The molecular formula is C21H20N2O2+2. The van der Waals surface area contributed by atoms with Crippen LogP contribution in [0.2, 0.25) is 0 Å². The highest BCUT2D eigenvalue weighted by molar-refractivity contribution is 6.13. The lowest BCUT2D eigenvalue weighted by atomic mass is 10.1. The van der Waals surface area contributed by atoms with Gasteiger partial charge < -0.3 is 4.74 Å². The summed E-state index contributed by atoms with van der Waals surface area (Å²) in [5, 5.41) is 0. The largest absolute Gasteiger partial charge is 0.458 e. The quantitative estimate of drug-likeness (QED) is 0.409. The Hall–Kier alpha value is -3.27. The average molecular weight is 332 g/mol. The Balaban J connectivity index is 2.32. The summed E-state index contributed by atoms with van der Waals surface area (Å²) in [6.07, 6.45) is 7.54. The summed E-state index contributed by atoms with van der Waals surface area (Å²) >= 11 is 0. The lowest BCUT2D eigenvalue weighted by Crippen LogP contribution is -2.43. The molecule has 0 spiro atoms. The summed E-state index contributed by atoms with van der Waals surface area (Å²) in [5.41, 5.74) is 2.15. The van der Waals surface area contributed by atoms with Gasteiger partial charge in [0.25, 0.3) is 5.70 Å². The summed E-state index contributed by atoms with van der Waals surface area (Å²) in [6.45, 7) is 2.13. The Morgan fingerprint density at radius 2 is 1.32 bits per heavy atom. The monoisotopic (exact) mass is 332 g/mol. The number of pyridine rings is 2. The fourth-order valence-electron chi connectivity index (χ4n) is 2.62. The highest BCUT2D eigenvalue weighted by atomic mass is 16.5. The van der Waals surface area contributed by atoms with Gasteiger partial charge in [0.1, 0.15) is 0 Å². The highest BCUT2D eigenvalue weighted by Crippen LogP contribution is 2.17. The van der Waals surface area contributed by atoms with Gasteiger partial charge in [-0.25, -0.2) is 4.79 Å². The number of rotatable bonds is 5. The number of hydrogen-bond donors (Lipinski definition) is 0. The fourth-order valence-corrected chi connectivity index (χ4v) is 2.62. The Bertz CT molecular complexity index is 819. The van der Waals surface area contributed by atoms with Crippen LogP contribution in [0, 0.1) is 0 Å². The minimum Gasteiger partial charge on any atom is -0.458 e. The van der Waals surface area contributed by atoms with Gasteiger partial charge in [-0.05, 0) is 19.1 Å². The van der Waals surface area contributed by atoms with Crippen LogP contribution >= 0.6 is 0 Å². The first-order valence-electron chi connectivity index (χ1n) is 8.21. The van der Waals surface area contributed by atoms with Crippen LogP contribution in [0.3, 0.4) is 0 Å². The molecule has 0 aliphatic heterocycles. The Kier molecular flexibility index (Phi) is 5.32. The molecule has 2 heterocycles. The van der Waals surface area contributed by atoms with E-state index in [9.17, 15) is 4.79 Å². The van der Waals surface area contributed by atoms with E-state index in [2.05, 4.69) is 0 Å². The predicted octanol–water partition coefficient (Wildman–Crippen LogP) is 2.70. The summed E-state index contributed by atoms with van der Waals surface area (Å²) in [5.74, 6) is -0.367. The second kappa shape index (κ2) is 8.02. The standard InChI is InChI=1S/C21H20N2O2/c1-2-25-21(24)20(23-16-10-5-11-17-23)19(18-12-6-3-7-13-18)22-14-8-4-9-15-22/h3-17H,2H2,1H3/q+2. The molecule has 0 atom stereocenters. The van der Waals surface area contributed by atoms with Crippen LogP contribution in [0.15, 0.2) is 91.5 Å². The number of ether oxygens (including phenoxy) is 1. The van der Waals surface area contributed by atoms with Gasteiger partial charge in [-0.3, -0.25) is 0 Å². The predicted molar refractivity (Wildman–Crippen MR) is 94.9 cm³/mol. The number of benzene rings is 1. The second-order valence-corrected chi connectivity index (χ2v) is 5.35. The molecule has 0 fully saturated rings. The minimum absolute atomic E-state index is 0.317. The van der Waals surface area contributed by atoms with Crippen LogP contribution in [0.25, 0.3) is 11.4 Å². The van der Waals surface area contributed by atoms with Crippen molar-refractivity contribution in [2.45, 2.75) is 6.92 Å². The average Bonchev–Trinajstić information content (AvgIpc) is 2.68. The maximum Gasteiger partial charge on any atom is 0.411 e. The van der Waals surface area contributed by atoms with E-state index in [4.69, 9.17) is 4.74 Å². The van der Waals surface area contributed by atoms with Crippen molar-refractivity contribution < 1.29 is 18.7 Å². The number of carbonyl (C=O) groups excluding carboxylic acids is 1. The Morgan fingerprint density at radius 1 is 0.800 bits per heavy atom. The molecule has 0 N–H and O–H groups in total. The normalized spacial score (nSPS) is 11.6. The molecule has 4 heteroatoms. The maximum atomic E-state index is 12.8. The zero-order chi connectivity index (χ0) is 17.5. The van der Waals surface area contributed by atoms with Crippen LogP contribution in [-0.4, -0.2) is 12.6 Å². The van der Waals surface area contributed by atoms with Crippen LogP contribution in [-0.2, 0) is 9.53 Å². The van der Waals surface area contributed by atoms with Crippen molar-refractivity contribution in [1.82, 2.24) is 0 Å². The van der Waals surface area contributed by atoms with Crippen molar-refractivity contribution in [2.24, 2.45) is 0 Å². The van der Waals surface area contributed by atoms with Crippen LogP contribution in [0.1, 0.15) is 12.5 Å². The molecule has 0 radical (unpaired) electrons. The van der Waals surface area contributed by atoms with Gasteiger partial charge in [0, 0.05) is 24.3 Å². The van der Waals surface area contributed by atoms with E-state index in [-0.39, 0.29) is 5.97 Å². The van der Waals surface area contributed by atoms with Crippen LogP contribution in [0.5, 0.6) is 0 Å². The lowest BCUT2D eigenvalue weighted by Gasteiger charge is -2.06. The molecule has 3 rings (SSSR count). The molecule has 1 aromatic carbocycles. The van der Waals surface area contributed by atoms with E-state index in [0.717, 1.165) is 11.3 Å². The van der Waals surface area contributed by atoms with Gasteiger partial charge in [0.15, 0.2) is 24.8 Å². The molecule has 25 heavy (non-hydrogen) atoms. The Morgan fingerprint density at radius 3 is 1.88 bits per heavy atom. The third kappa shape index (κ3) is 3.80. The van der Waals surface area contributed by atoms with Gasteiger partial charge in [-0.2, -0.15) is 9.13 Å². The van der Waals surface area contributed by atoms with Crippen LogP contribution < -0.4 is 9.13 Å². The van der Waals surface area contributed by atoms with E-state index in [1.165, 1.54) is 0 Å². The summed E-state index contributed by atoms with van der Waals surface area (Å²) in [7, 11) is 0. The molecule has 4 nitrogen and oxygen atoms in total. The fraction of sp³-hybridized carbons (Fsp3) is 0.0952. The molecule has 0 saturated carbocycles. The smallest absolute Gasteiger partial charge is 0.411 e. The van der Waals surface area contributed by atoms with Crippen molar-refractivity contribution in [3.05, 3.63) is 97.1 Å². The first-order chi connectivity index (χ1) is 12.3. The van der Waals surface area contributed by atoms with Gasteiger partial charge >= 0.3 is 11.7 Å². The summed E-state index contributed by atoms with van der Waals surface area (Å²) < 4.78 is 9.08. The molecular weight excluding hydrogens is 312 g/mol. The van der Waals surface area contributed by atoms with E-state index < -0.39 is 0 Å². The van der Waals surface area contributed by atoms with Crippen molar-refractivity contribution in [3.8, 4) is 0 Å². The Labute approximate surface area is 147 Å². The summed E-state index contributed by atoms with van der Waals surface area (Å²) in [4.78, 5) is 12.8. The van der Waals surface area contributed by atoms with Crippen molar-refractivity contribution >= 4 is 17.4 Å². The number of carbonyl (C=O) groups is 1. The highest BCUT2D eigenvalue weighted by Gasteiger charge is 2.34. The molecule has 0 aliphatic carbocycles. The van der Waals surface area contributed by atoms with Crippen molar-refractivity contribution in [1.29, 1.82) is 0 Å². The van der Waals surface area contributed by atoms with Gasteiger partial charge in [-0.15, -0.1) is 0 Å². The molecule has 124 valence electrons. The van der Waals surface area contributed by atoms with Crippen molar-refractivity contribution in [3.63, 3.8) is 0 Å².